The van der Waals surface area contributed by atoms with Crippen LogP contribution in [0.3, 0.4) is 0 Å². The lowest BCUT2D eigenvalue weighted by Crippen LogP contribution is -2.42. The Kier molecular flexibility index (Phi) is 4.63. The van der Waals surface area contributed by atoms with Gasteiger partial charge in [0, 0.05) is 17.6 Å². The first kappa shape index (κ1) is 15.7. The van der Waals surface area contributed by atoms with Gasteiger partial charge in [0.15, 0.2) is 0 Å². The van der Waals surface area contributed by atoms with Crippen LogP contribution in [0.15, 0.2) is 64.0 Å². The van der Waals surface area contributed by atoms with E-state index in [-0.39, 0.29) is 6.10 Å². The SMILES string of the molecule is O=S(=O)(c1ccccc1Br)N1CCOC(c2ccccc2)C1. The Balaban J connectivity index is 1.87. The summed E-state index contributed by atoms with van der Waals surface area (Å²) >= 11 is 3.32. The number of sulfonamides is 1. The van der Waals surface area contributed by atoms with Gasteiger partial charge < -0.3 is 4.74 Å². The zero-order valence-electron chi connectivity index (χ0n) is 11.9. The fourth-order valence-corrected chi connectivity index (χ4v) is 4.89. The second-order valence-corrected chi connectivity index (χ2v) is 7.82. The third kappa shape index (κ3) is 3.10. The van der Waals surface area contributed by atoms with Crippen molar-refractivity contribution in [3.63, 3.8) is 0 Å². The summed E-state index contributed by atoms with van der Waals surface area (Å²) in [5, 5.41) is 0. The molecule has 1 fully saturated rings. The molecule has 0 bridgehead atoms. The quantitative estimate of drug-likeness (QED) is 0.819. The van der Waals surface area contributed by atoms with Crippen LogP contribution in [-0.4, -0.2) is 32.4 Å². The summed E-state index contributed by atoms with van der Waals surface area (Å²) in [6, 6.07) is 16.6. The maximum Gasteiger partial charge on any atom is 0.244 e. The lowest BCUT2D eigenvalue weighted by atomic mass is 10.1. The van der Waals surface area contributed by atoms with E-state index < -0.39 is 10.0 Å². The minimum atomic E-state index is -3.53. The molecule has 1 aliphatic heterocycles. The molecule has 0 aliphatic carbocycles. The molecular weight excluding hydrogens is 366 g/mol. The van der Waals surface area contributed by atoms with Gasteiger partial charge in [0.1, 0.15) is 0 Å². The molecule has 22 heavy (non-hydrogen) atoms. The highest BCUT2D eigenvalue weighted by Crippen LogP contribution is 2.29. The molecule has 2 aromatic rings. The summed E-state index contributed by atoms with van der Waals surface area (Å²) in [6.45, 7) is 1.09. The molecule has 116 valence electrons. The minimum Gasteiger partial charge on any atom is -0.371 e. The molecule has 1 atom stereocenters. The van der Waals surface area contributed by atoms with Crippen molar-refractivity contribution in [1.82, 2.24) is 4.31 Å². The average Bonchev–Trinajstić information content (AvgIpc) is 2.56. The Morgan fingerprint density at radius 1 is 1.05 bits per heavy atom. The van der Waals surface area contributed by atoms with Gasteiger partial charge >= 0.3 is 0 Å². The molecule has 0 saturated carbocycles. The predicted molar refractivity (Wildman–Crippen MR) is 88.0 cm³/mol. The minimum absolute atomic E-state index is 0.229. The normalized spacial score (nSPS) is 20.0. The molecule has 3 rings (SSSR count). The van der Waals surface area contributed by atoms with E-state index in [4.69, 9.17) is 4.74 Å². The molecule has 0 N–H and O–H groups in total. The Morgan fingerprint density at radius 2 is 1.73 bits per heavy atom. The maximum absolute atomic E-state index is 12.8. The lowest BCUT2D eigenvalue weighted by Gasteiger charge is -2.32. The lowest BCUT2D eigenvalue weighted by molar-refractivity contribution is -0.00256. The Hall–Kier alpha value is -1.21. The highest BCUT2D eigenvalue weighted by Gasteiger charge is 2.32. The van der Waals surface area contributed by atoms with Gasteiger partial charge in [0.2, 0.25) is 10.0 Å². The van der Waals surface area contributed by atoms with Gasteiger partial charge in [-0.3, -0.25) is 0 Å². The van der Waals surface area contributed by atoms with E-state index in [1.54, 1.807) is 24.3 Å². The van der Waals surface area contributed by atoms with E-state index in [2.05, 4.69) is 15.9 Å². The summed E-state index contributed by atoms with van der Waals surface area (Å²) in [4.78, 5) is 0.295. The van der Waals surface area contributed by atoms with Gasteiger partial charge in [0.05, 0.1) is 17.6 Å². The number of halogens is 1. The molecule has 0 spiro atoms. The van der Waals surface area contributed by atoms with Gasteiger partial charge in [0.25, 0.3) is 0 Å². The molecule has 4 nitrogen and oxygen atoms in total. The van der Waals surface area contributed by atoms with Crippen molar-refractivity contribution in [2.45, 2.75) is 11.0 Å². The number of hydrogen-bond donors (Lipinski definition) is 0. The number of rotatable bonds is 3. The highest BCUT2D eigenvalue weighted by atomic mass is 79.9. The van der Waals surface area contributed by atoms with Crippen LogP contribution in [0.5, 0.6) is 0 Å². The topological polar surface area (TPSA) is 46.6 Å². The van der Waals surface area contributed by atoms with Gasteiger partial charge in [-0.25, -0.2) is 8.42 Å². The van der Waals surface area contributed by atoms with Crippen LogP contribution >= 0.6 is 15.9 Å². The van der Waals surface area contributed by atoms with Crippen LogP contribution in [-0.2, 0) is 14.8 Å². The smallest absolute Gasteiger partial charge is 0.244 e. The third-order valence-electron chi connectivity index (χ3n) is 3.66. The van der Waals surface area contributed by atoms with Gasteiger partial charge in [-0.2, -0.15) is 4.31 Å². The molecule has 2 aromatic carbocycles. The van der Waals surface area contributed by atoms with Crippen molar-refractivity contribution < 1.29 is 13.2 Å². The largest absolute Gasteiger partial charge is 0.371 e. The van der Waals surface area contributed by atoms with Crippen LogP contribution in [0.25, 0.3) is 0 Å². The van der Waals surface area contributed by atoms with Crippen LogP contribution < -0.4 is 0 Å². The second kappa shape index (κ2) is 6.50. The van der Waals surface area contributed by atoms with Crippen LogP contribution in [0.2, 0.25) is 0 Å². The predicted octanol–water partition coefficient (Wildman–Crippen LogP) is 3.21. The van der Waals surface area contributed by atoms with E-state index in [1.807, 2.05) is 30.3 Å². The molecule has 1 aliphatic rings. The molecule has 1 saturated heterocycles. The van der Waals surface area contributed by atoms with Crippen molar-refractivity contribution >= 4 is 26.0 Å². The molecule has 0 amide bonds. The number of hydrogen-bond acceptors (Lipinski definition) is 3. The standard InChI is InChI=1S/C16H16BrNO3S/c17-14-8-4-5-9-16(14)22(19,20)18-10-11-21-15(12-18)13-6-2-1-3-7-13/h1-9,15H,10-12H2. The summed E-state index contributed by atoms with van der Waals surface area (Å²) in [5.41, 5.74) is 0.995. The Bertz CT molecular complexity index is 749. The van der Waals surface area contributed by atoms with Crippen molar-refractivity contribution in [3.05, 3.63) is 64.6 Å². The Labute approximate surface area is 138 Å². The summed E-state index contributed by atoms with van der Waals surface area (Å²) in [7, 11) is -3.53. The fraction of sp³-hybridized carbons (Fsp3) is 0.250. The van der Waals surface area contributed by atoms with Crippen LogP contribution in [0, 0.1) is 0 Å². The molecule has 0 radical (unpaired) electrons. The zero-order valence-corrected chi connectivity index (χ0v) is 14.3. The van der Waals surface area contributed by atoms with Crippen molar-refractivity contribution in [2.75, 3.05) is 19.7 Å². The maximum atomic E-state index is 12.8. The van der Waals surface area contributed by atoms with Gasteiger partial charge in [-0.15, -0.1) is 0 Å². The second-order valence-electron chi connectivity index (χ2n) is 5.06. The monoisotopic (exact) mass is 381 g/mol. The van der Waals surface area contributed by atoms with Gasteiger partial charge in [-0.1, -0.05) is 42.5 Å². The van der Waals surface area contributed by atoms with Crippen molar-refractivity contribution in [1.29, 1.82) is 0 Å². The van der Waals surface area contributed by atoms with E-state index >= 15 is 0 Å². The van der Waals surface area contributed by atoms with E-state index in [1.165, 1.54) is 4.31 Å². The highest BCUT2D eigenvalue weighted by molar-refractivity contribution is 9.10. The Morgan fingerprint density at radius 3 is 2.45 bits per heavy atom. The summed E-state index contributed by atoms with van der Waals surface area (Å²) < 4.78 is 33.5. The first-order valence-electron chi connectivity index (χ1n) is 7.00. The van der Waals surface area contributed by atoms with Crippen molar-refractivity contribution in [2.24, 2.45) is 0 Å². The first-order valence-corrected chi connectivity index (χ1v) is 9.23. The molecular formula is C16H16BrNO3S. The molecule has 1 unspecified atom stereocenters. The van der Waals surface area contributed by atoms with Crippen molar-refractivity contribution in [3.8, 4) is 0 Å². The van der Waals surface area contributed by atoms with E-state index in [9.17, 15) is 8.42 Å². The average molecular weight is 382 g/mol. The van der Waals surface area contributed by atoms with Crippen LogP contribution in [0.4, 0.5) is 0 Å². The third-order valence-corrected chi connectivity index (χ3v) is 6.53. The number of ether oxygens (including phenoxy) is 1. The number of benzene rings is 2. The number of morpholine rings is 1. The van der Waals surface area contributed by atoms with Crippen LogP contribution in [0.1, 0.15) is 11.7 Å². The summed E-state index contributed by atoms with van der Waals surface area (Å²) in [5.74, 6) is 0. The number of nitrogens with zero attached hydrogens (tertiary/aromatic N) is 1. The molecule has 1 heterocycles. The van der Waals surface area contributed by atoms with Gasteiger partial charge in [-0.05, 0) is 33.6 Å². The van der Waals surface area contributed by atoms with E-state index in [0.29, 0.717) is 29.1 Å². The molecule has 6 heteroatoms. The fourth-order valence-electron chi connectivity index (χ4n) is 2.51. The summed E-state index contributed by atoms with van der Waals surface area (Å²) in [6.07, 6.45) is -0.229. The van der Waals surface area contributed by atoms with E-state index in [0.717, 1.165) is 5.56 Å². The zero-order chi connectivity index (χ0) is 15.6. The first-order chi connectivity index (χ1) is 10.6. The molecule has 0 aromatic heterocycles.